The van der Waals surface area contributed by atoms with Crippen LogP contribution in [0.5, 0.6) is 6.01 Å². The monoisotopic (exact) mass is 378 g/mol. The number of hydrogen-bond donors (Lipinski definition) is 2. The molecule has 0 saturated carbocycles. The quantitative estimate of drug-likeness (QED) is 0.497. The fraction of sp³-hybridized carbons (Fsp3) is 0.158. The van der Waals surface area contributed by atoms with Gasteiger partial charge in [-0.1, -0.05) is 12.1 Å². The number of ether oxygens (including phenoxy) is 2. The van der Waals surface area contributed by atoms with Gasteiger partial charge in [-0.05, 0) is 36.8 Å². The Morgan fingerprint density at radius 3 is 2.79 bits per heavy atom. The number of esters is 1. The maximum Gasteiger partial charge on any atom is 0.337 e. The molecule has 0 amide bonds. The van der Waals surface area contributed by atoms with Gasteiger partial charge in [0.25, 0.3) is 0 Å². The third-order valence-electron chi connectivity index (χ3n) is 4.07. The maximum atomic E-state index is 11.5. The van der Waals surface area contributed by atoms with Crippen molar-refractivity contribution in [3.63, 3.8) is 0 Å². The standard InChI is InChI=1S/C19H18N6O3/c1-12-10-16(23-22-12)20-17-15-4-3-9-25(15)24-19(21-17)28-11-13-5-7-14(8-6-13)18(26)27-2/h3-10H,11H2,1-2H3,(H2,20,21,22,23,24). The number of aryl methyl sites for hydroxylation is 1. The van der Waals surface area contributed by atoms with Crippen molar-refractivity contribution in [3.05, 3.63) is 65.5 Å². The summed E-state index contributed by atoms with van der Waals surface area (Å²) in [6.07, 6.45) is 1.82. The molecule has 0 aliphatic heterocycles. The second-order valence-corrected chi connectivity index (χ2v) is 6.12. The summed E-state index contributed by atoms with van der Waals surface area (Å²) in [5, 5.41) is 14.6. The molecule has 0 radical (unpaired) electrons. The molecule has 4 rings (SSSR count). The average Bonchev–Trinajstić information content (AvgIpc) is 3.35. The van der Waals surface area contributed by atoms with Crippen LogP contribution in [-0.4, -0.2) is 37.9 Å². The number of nitrogens with one attached hydrogen (secondary N) is 2. The van der Waals surface area contributed by atoms with Crippen molar-refractivity contribution in [2.75, 3.05) is 12.4 Å². The van der Waals surface area contributed by atoms with E-state index in [2.05, 4.69) is 25.6 Å². The number of nitrogens with zero attached hydrogens (tertiary/aromatic N) is 4. The van der Waals surface area contributed by atoms with Crippen molar-refractivity contribution < 1.29 is 14.3 Å². The number of benzene rings is 1. The summed E-state index contributed by atoms with van der Waals surface area (Å²) in [6.45, 7) is 2.18. The molecule has 9 heteroatoms. The summed E-state index contributed by atoms with van der Waals surface area (Å²) in [5.74, 6) is 0.865. The van der Waals surface area contributed by atoms with Gasteiger partial charge in [-0.25, -0.2) is 9.31 Å². The molecule has 0 bridgehead atoms. The third kappa shape index (κ3) is 3.63. The Hall–Kier alpha value is -3.88. The fourth-order valence-corrected chi connectivity index (χ4v) is 2.67. The van der Waals surface area contributed by atoms with Gasteiger partial charge in [-0.15, -0.1) is 5.10 Å². The molecule has 1 aromatic carbocycles. The minimum atomic E-state index is -0.377. The van der Waals surface area contributed by atoms with Crippen molar-refractivity contribution in [1.29, 1.82) is 0 Å². The molecule has 142 valence electrons. The first-order chi connectivity index (χ1) is 13.6. The lowest BCUT2D eigenvalue weighted by atomic mass is 10.1. The van der Waals surface area contributed by atoms with Crippen LogP contribution in [0.1, 0.15) is 21.6 Å². The maximum absolute atomic E-state index is 11.5. The van der Waals surface area contributed by atoms with E-state index in [1.165, 1.54) is 7.11 Å². The lowest BCUT2D eigenvalue weighted by Crippen LogP contribution is -2.06. The number of carbonyl (C=O) groups excluding carboxylic acids is 1. The number of hydrogen-bond acceptors (Lipinski definition) is 7. The van der Waals surface area contributed by atoms with Crippen LogP contribution in [0.3, 0.4) is 0 Å². The molecular formula is C19H18N6O3. The Labute approximate surface area is 160 Å². The Morgan fingerprint density at radius 1 is 1.25 bits per heavy atom. The topological polar surface area (TPSA) is 106 Å². The van der Waals surface area contributed by atoms with Crippen molar-refractivity contribution in [3.8, 4) is 6.01 Å². The number of aromatic amines is 1. The number of carbonyl (C=O) groups is 1. The van der Waals surface area contributed by atoms with Crippen LogP contribution in [-0.2, 0) is 11.3 Å². The zero-order chi connectivity index (χ0) is 19.5. The normalized spacial score (nSPS) is 10.8. The summed E-state index contributed by atoms with van der Waals surface area (Å²) >= 11 is 0. The SMILES string of the molecule is COC(=O)c1ccc(COc2nc(Nc3cc(C)[nH]n3)c3cccn3n2)cc1. The van der Waals surface area contributed by atoms with Crippen LogP contribution in [0.25, 0.3) is 5.52 Å². The van der Waals surface area contributed by atoms with Crippen LogP contribution in [0.4, 0.5) is 11.6 Å². The van der Waals surface area contributed by atoms with Crippen LogP contribution < -0.4 is 10.1 Å². The first-order valence-corrected chi connectivity index (χ1v) is 8.57. The van der Waals surface area contributed by atoms with Crippen molar-refractivity contribution in [2.24, 2.45) is 0 Å². The van der Waals surface area contributed by atoms with E-state index in [4.69, 9.17) is 9.47 Å². The van der Waals surface area contributed by atoms with Crippen molar-refractivity contribution >= 4 is 23.1 Å². The van der Waals surface area contributed by atoms with Gasteiger partial charge in [0.1, 0.15) is 12.1 Å². The smallest absolute Gasteiger partial charge is 0.337 e. The van der Waals surface area contributed by atoms with E-state index >= 15 is 0 Å². The number of methoxy groups -OCH3 is 1. The molecule has 0 aliphatic rings. The molecule has 0 unspecified atom stereocenters. The lowest BCUT2D eigenvalue weighted by molar-refractivity contribution is 0.0600. The molecule has 4 aromatic rings. The van der Waals surface area contributed by atoms with Gasteiger partial charge in [0.2, 0.25) is 0 Å². The van der Waals surface area contributed by atoms with E-state index < -0.39 is 0 Å². The zero-order valence-electron chi connectivity index (χ0n) is 15.3. The molecule has 2 N–H and O–H groups in total. The molecule has 3 aromatic heterocycles. The first kappa shape index (κ1) is 17.5. The van der Waals surface area contributed by atoms with E-state index in [-0.39, 0.29) is 18.6 Å². The fourth-order valence-electron chi connectivity index (χ4n) is 2.67. The summed E-state index contributed by atoms with van der Waals surface area (Å²) in [6, 6.07) is 12.8. The molecular weight excluding hydrogens is 360 g/mol. The zero-order valence-corrected chi connectivity index (χ0v) is 15.3. The Morgan fingerprint density at radius 2 is 2.07 bits per heavy atom. The second-order valence-electron chi connectivity index (χ2n) is 6.12. The van der Waals surface area contributed by atoms with Gasteiger partial charge in [0, 0.05) is 18.0 Å². The summed E-state index contributed by atoms with van der Waals surface area (Å²) in [5.41, 5.74) is 3.10. The molecule has 0 atom stereocenters. The number of fused-ring (bicyclic) bond motifs is 1. The van der Waals surface area contributed by atoms with E-state index in [1.54, 1.807) is 28.8 Å². The van der Waals surface area contributed by atoms with Crippen LogP contribution in [0.15, 0.2) is 48.7 Å². The highest BCUT2D eigenvalue weighted by atomic mass is 16.5. The summed E-state index contributed by atoms with van der Waals surface area (Å²) in [7, 11) is 1.35. The lowest BCUT2D eigenvalue weighted by Gasteiger charge is -2.09. The first-order valence-electron chi connectivity index (χ1n) is 8.57. The molecule has 0 aliphatic carbocycles. The van der Waals surface area contributed by atoms with Crippen LogP contribution in [0, 0.1) is 6.92 Å². The largest absolute Gasteiger partial charge is 0.465 e. The second kappa shape index (κ2) is 7.39. The van der Waals surface area contributed by atoms with E-state index in [1.807, 2.05) is 31.3 Å². The molecule has 9 nitrogen and oxygen atoms in total. The Balaban J connectivity index is 1.53. The van der Waals surface area contributed by atoms with Gasteiger partial charge < -0.3 is 14.8 Å². The summed E-state index contributed by atoms with van der Waals surface area (Å²) in [4.78, 5) is 16.0. The van der Waals surface area contributed by atoms with Crippen LogP contribution in [0.2, 0.25) is 0 Å². The highest BCUT2D eigenvalue weighted by Gasteiger charge is 2.11. The Bertz CT molecular complexity index is 1120. The van der Waals surface area contributed by atoms with Gasteiger partial charge in [-0.2, -0.15) is 10.1 Å². The third-order valence-corrected chi connectivity index (χ3v) is 4.07. The molecule has 0 saturated heterocycles. The van der Waals surface area contributed by atoms with Crippen LogP contribution >= 0.6 is 0 Å². The van der Waals surface area contributed by atoms with E-state index in [0.717, 1.165) is 16.8 Å². The molecule has 28 heavy (non-hydrogen) atoms. The molecule has 0 spiro atoms. The predicted octanol–water partition coefficient (Wildman–Crippen LogP) is 2.87. The highest BCUT2D eigenvalue weighted by molar-refractivity contribution is 5.89. The van der Waals surface area contributed by atoms with E-state index in [0.29, 0.717) is 17.2 Å². The highest BCUT2D eigenvalue weighted by Crippen LogP contribution is 2.21. The van der Waals surface area contributed by atoms with Crippen molar-refractivity contribution in [2.45, 2.75) is 13.5 Å². The number of aromatic nitrogens is 5. The number of H-pyrrole nitrogens is 1. The minimum absolute atomic E-state index is 0.218. The predicted molar refractivity (Wildman–Crippen MR) is 102 cm³/mol. The van der Waals surface area contributed by atoms with Gasteiger partial charge >= 0.3 is 12.0 Å². The van der Waals surface area contributed by atoms with Gasteiger partial charge in [-0.3, -0.25) is 5.10 Å². The molecule has 3 heterocycles. The number of anilines is 2. The van der Waals surface area contributed by atoms with E-state index in [9.17, 15) is 4.79 Å². The average molecular weight is 378 g/mol. The Kier molecular flexibility index (Phi) is 4.63. The van der Waals surface area contributed by atoms with Crippen molar-refractivity contribution in [1.82, 2.24) is 24.8 Å². The summed E-state index contributed by atoms with van der Waals surface area (Å²) < 4.78 is 12.1. The van der Waals surface area contributed by atoms with Gasteiger partial charge in [0.05, 0.1) is 12.7 Å². The molecule has 0 fully saturated rings. The minimum Gasteiger partial charge on any atom is -0.465 e. The number of rotatable bonds is 6. The van der Waals surface area contributed by atoms with Gasteiger partial charge in [0.15, 0.2) is 11.6 Å².